The average molecular weight is 752 g/mol. The number of fused-ring (bicyclic) bond motifs is 1. The Bertz CT molecular complexity index is 1770. The third-order valence-electron chi connectivity index (χ3n) is 7.85. The Morgan fingerprint density at radius 2 is 1.74 bits per heavy atom. The molecule has 4 rings (SSSR count). The van der Waals surface area contributed by atoms with Crippen molar-refractivity contribution < 1.29 is 52.2 Å². The van der Waals surface area contributed by atoms with Gasteiger partial charge in [-0.1, -0.05) is 44.2 Å². The number of aromatic nitrogens is 2. The summed E-state index contributed by atoms with van der Waals surface area (Å²) in [6, 6.07) is 13.1. The molecule has 19 heteroatoms. The Morgan fingerprint density at radius 1 is 1.00 bits per heavy atom. The normalized spacial score (nSPS) is 13.7. The van der Waals surface area contributed by atoms with Crippen molar-refractivity contribution in [1.29, 1.82) is 0 Å². The molecular formula is C34H41BN6O11P+. The van der Waals surface area contributed by atoms with Crippen LogP contribution in [0.5, 0.6) is 11.5 Å². The van der Waals surface area contributed by atoms with Gasteiger partial charge in [0, 0.05) is 38.3 Å². The highest BCUT2D eigenvalue weighted by molar-refractivity contribution is 7.41. The van der Waals surface area contributed by atoms with Crippen LogP contribution in [-0.2, 0) is 34.6 Å². The fourth-order valence-electron chi connectivity index (χ4n) is 5.20. The topological polar surface area (TPSA) is 225 Å². The van der Waals surface area contributed by atoms with Gasteiger partial charge in [0.1, 0.15) is 23.2 Å². The maximum atomic E-state index is 13.8. The number of aliphatic carboxylic acids is 1. The Balaban J connectivity index is 1.36. The van der Waals surface area contributed by atoms with Gasteiger partial charge in [-0.2, -0.15) is 0 Å². The smallest absolute Gasteiger partial charge is 0.522 e. The van der Waals surface area contributed by atoms with Gasteiger partial charge in [0.05, 0.1) is 31.5 Å². The van der Waals surface area contributed by atoms with Gasteiger partial charge in [-0.15, -0.1) is 4.52 Å². The summed E-state index contributed by atoms with van der Waals surface area (Å²) < 4.78 is 33.7. The summed E-state index contributed by atoms with van der Waals surface area (Å²) in [5.41, 5.74) is 1.30. The molecule has 4 atom stereocenters. The van der Waals surface area contributed by atoms with Crippen LogP contribution in [0.4, 0.5) is 10.5 Å². The molecule has 0 spiro atoms. The molecule has 4 N–H and O–H groups in total. The molecule has 0 saturated heterocycles. The largest absolute Gasteiger partial charge is 0.618 e. The second kappa shape index (κ2) is 19.3. The molecule has 4 amide bonds. The molecule has 1 aromatic heterocycles. The highest BCUT2D eigenvalue weighted by Crippen LogP contribution is 2.38. The Hall–Kier alpha value is -5.61. The van der Waals surface area contributed by atoms with E-state index in [1.165, 1.54) is 30.5 Å². The van der Waals surface area contributed by atoms with Crippen LogP contribution in [0.2, 0.25) is 0 Å². The molecule has 3 aromatic rings. The summed E-state index contributed by atoms with van der Waals surface area (Å²) in [6.07, 6.45) is 3.98. The van der Waals surface area contributed by atoms with Crippen molar-refractivity contribution in [1.82, 2.24) is 25.9 Å². The summed E-state index contributed by atoms with van der Waals surface area (Å²) in [4.78, 5) is 72.1. The van der Waals surface area contributed by atoms with E-state index in [0.717, 1.165) is 12.7 Å². The number of benzene rings is 2. The molecular weight excluding hydrogens is 710 g/mol. The number of carbonyl (C=O) groups is 5. The van der Waals surface area contributed by atoms with Crippen LogP contribution in [0.1, 0.15) is 49.2 Å². The number of anilines is 1. The number of ether oxygens (including phenoxy) is 1. The summed E-state index contributed by atoms with van der Waals surface area (Å²) in [6.45, 7) is 3.82. The van der Waals surface area contributed by atoms with Gasteiger partial charge in [-0.05, 0) is 41.0 Å². The van der Waals surface area contributed by atoms with E-state index >= 15 is 0 Å². The third-order valence-corrected chi connectivity index (χ3v) is 8.98. The molecule has 280 valence electrons. The molecule has 1 aliphatic rings. The fourth-order valence-corrected chi connectivity index (χ4v) is 5.84. The number of rotatable bonds is 18. The van der Waals surface area contributed by atoms with Gasteiger partial charge in [0.15, 0.2) is 0 Å². The number of nitrogens with zero attached hydrogens (tertiary/aromatic N) is 3. The minimum absolute atomic E-state index is 0.0662. The lowest BCUT2D eigenvalue weighted by atomic mass is 9.74. The van der Waals surface area contributed by atoms with E-state index in [1.54, 1.807) is 18.2 Å². The molecule has 0 saturated carbocycles. The van der Waals surface area contributed by atoms with E-state index in [0.29, 0.717) is 23.6 Å². The number of nitrogens with one attached hydrogen (secondary N) is 3. The second-order valence-electron chi connectivity index (χ2n) is 12.3. The number of hydrogen-bond donors (Lipinski definition) is 4. The van der Waals surface area contributed by atoms with Crippen LogP contribution in [0, 0.1) is 5.92 Å². The molecule has 53 heavy (non-hydrogen) atoms. The van der Waals surface area contributed by atoms with Crippen molar-refractivity contribution in [3.8, 4) is 11.5 Å². The van der Waals surface area contributed by atoms with E-state index in [1.807, 2.05) is 44.2 Å². The van der Waals surface area contributed by atoms with Crippen LogP contribution in [0.3, 0.4) is 0 Å². The lowest BCUT2D eigenvalue weighted by molar-refractivity contribution is -0.139. The van der Waals surface area contributed by atoms with Crippen molar-refractivity contribution in [2.24, 2.45) is 5.92 Å². The SMILES string of the molecule is CO[P+](=O)C(NC(=O)CCCOC(=O)N(C)c1ccc2c(c1)OB([C@H](CC(C)C)NC(=O)[C@H](Cc1ccccc1)NC(=O)c1cnccn1)O2)C(=O)O. The van der Waals surface area contributed by atoms with Crippen molar-refractivity contribution in [2.45, 2.75) is 57.3 Å². The average Bonchev–Trinajstić information content (AvgIpc) is 3.58. The summed E-state index contributed by atoms with van der Waals surface area (Å²) in [7, 11) is -1.03. The zero-order valence-electron chi connectivity index (χ0n) is 29.6. The molecule has 2 aromatic carbocycles. The maximum absolute atomic E-state index is 13.8. The van der Waals surface area contributed by atoms with Crippen LogP contribution in [-0.4, -0.2) is 90.5 Å². The maximum Gasteiger partial charge on any atom is 0.618 e. The van der Waals surface area contributed by atoms with Gasteiger partial charge < -0.3 is 35.1 Å². The van der Waals surface area contributed by atoms with Crippen molar-refractivity contribution in [3.63, 3.8) is 0 Å². The summed E-state index contributed by atoms with van der Waals surface area (Å²) >= 11 is 0. The molecule has 1 aliphatic heterocycles. The van der Waals surface area contributed by atoms with E-state index in [2.05, 4.69) is 30.4 Å². The van der Waals surface area contributed by atoms with Crippen LogP contribution < -0.4 is 30.2 Å². The first-order valence-corrected chi connectivity index (χ1v) is 17.9. The van der Waals surface area contributed by atoms with E-state index in [4.69, 9.17) is 19.2 Å². The first-order valence-electron chi connectivity index (χ1n) is 16.7. The number of carboxylic acid groups (broad SMARTS) is 1. The molecule has 0 bridgehead atoms. The van der Waals surface area contributed by atoms with Crippen LogP contribution >= 0.6 is 8.03 Å². The minimum atomic E-state index is -2.65. The lowest BCUT2D eigenvalue weighted by Gasteiger charge is -2.25. The quantitative estimate of drug-likeness (QED) is 0.0834. The Labute approximate surface area is 307 Å². The molecule has 2 heterocycles. The molecule has 2 unspecified atom stereocenters. The van der Waals surface area contributed by atoms with E-state index in [9.17, 15) is 28.5 Å². The zero-order chi connectivity index (χ0) is 38.5. The minimum Gasteiger partial charge on any atom is -0.522 e. The van der Waals surface area contributed by atoms with Crippen molar-refractivity contribution in [2.75, 3.05) is 25.7 Å². The van der Waals surface area contributed by atoms with Crippen molar-refractivity contribution >= 4 is 50.6 Å². The molecule has 17 nitrogen and oxygen atoms in total. The number of hydrogen-bond acceptors (Lipinski definition) is 12. The Morgan fingerprint density at radius 3 is 2.40 bits per heavy atom. The highest BCUT2D eigenvalue weighted by Gasteiger charge is 2.43. The second-order valence-corrected chi connectivity index (χ2v) is 13.8. The highest BCUT2D eigenvalue weighted by atomic mass is 31.1. The van der Waals surface area contributed by atoms with E-state index < -0.39 is 62.7 Å². The fraction of sp³-hybridized carbons (Fsp3) is 0.382. The van der Waals surface area contributed by atoms with Crippen LogP contribution in [0.25, 0.3) is 0 Å². The van der Waals surface area contributed by atoms with Gasteiger partial charge in [-0.3, -0.25) is 24.3 Å². The lowest BCUT2D eigenvalue weighted by Crippen LogP contribution is -2.57. The standard InChI is InChI=1S/C34H40BN6O11P/c1-21(2)17-28(39-30(43)24(18-22-9-6-5-7-10-22)38-31(44)25-20-36-14-15-37-25)35-51-26-13-12-23(19-27(26)52-35)41(3)34(47)50-16-8-11-29(42)40-32(33(45)46)53(48)49-4/h5-7,9-10,12-15,19-21,24,28,32H,8,11,16-18H2,1-4H3,(H3-,38,39,40,42,43,44,45,46)/p+1/t24-,28-,32?/m0/s1. The summed E-state index contributed by atoms with van der Waals surface area (Å²) in [5, 5.41) is 17.0. The first kappa shape index (κ1) is 40.2. The van der Waals surface area contributed by atoms with Crippen molar-refractivity contribution in [3.05, 3.63) is 78.4 Å². The van der Waals surface area contributed by atoms with Gasteiger partial charge in [-0.25, -0.2) is 14.6 Å². The number of amides is 4. The molecule has 0 aliphatic carbocycles. The van der Waals surface area contributed by atoms with Gasteiger partial charge >= 0.3 is 33.0 Å². The predicted molar refractivity (Wildman–Crippen MR) is 191 cm³/mol. The monoisotopic (exact) mass is 751 g/mol. The summed E-state index contributed by atoms with van der Waals surface area (Å²) in [5.74, 6) is -4.70. The molecule has 0 fully saturated rings. The number of carboxylic acids is 1. The molecule has 0 radical (unpaired) electrons. The van der Waals surface area contributed by atoms with E-state index in [-0.39, 0.29) is 37.5 Å². The predicted octanol–water partition coefficient (Wildman–Crippen LogP) is 3.12. The first-order chi connectivity index (χ1) is 25.4. The van der Waals surface area contributed by atoms with Crippen LogP contribution in [0.15, 0.2) is 67.1 Å². The van der Waals surface area contributed by atoms with Gasteiger partial charge in [0.25, 0.3) is 5.91 Å². The zero-order valence-corrected chi connectivity index (χ0v) is 30.5. The third kappa shape index (κ3) is 11.7. The Kier molecular flexibility index (Phi) is 14.6. The number of carbonyl (C=O) groups excluding carboxylic acids is 4. The van der Waals surface area contributed by atoms with Gasteiger partial charge in [0.2, 0.25) is 11.8 Å².